The lowest BCUT2D eigenvalue weighted by Crippen LogP contribution is -2.02. The molecule has 0 saturated carbocycles. The van der Waals surface area contributed by atoms with E-state index < -0.39 is 0 Å². The summed E-state index contributed by atoms with van der Waals surface area (Å²) in [5.74, 6) is 2.73. The Morgan fingerprint density at radius 1 is 1.30 bits per heavy atom. The fourth-order valence-corrected chi connectivity index (χ4v) is 2.39. The lowest BCUT2D eigenvalue weighted by Gasteiger charge is -2.13. The molecule has 0 radical (unpaired) electrons. The Balaban J connectivity index is 2.33. The molecule has 5 heteroatoms. The van der Waals surface area contributed by atoms with Gasteiger partial charge in [0.05, 0.1) is 12.1 Å². The molecule has 0 bridgehead atoms. The minimum Gasteiger partial charge on any atom is -0.453 e. The molecule has 0 aliphatic heterocycles. The monoisotopic (exact) mass is 354 g/mol. The SMILES string of the molecule is Cc1cc(Br)ccc1Oc1cnc(C(C)C)nc1CCl. The van der Waals surface area contributed by atoms with E-state index in [0.29, 0.717) is 17.3 Å². The van der Waals surface area contributed by atoms with Crippen LogP contribution in [-0.2, 0) is 5.88 Å². The number of aromatic nitrogens is 2. The van der Waals surface area contributed by atoms with Crippen molar-refractivity contribution >= 4 is 27.5 Å². The average Bonchev–Trinajstić information content (AvgIpc) is 2.42. The number of benzene rings is 1. The van der Waals surface area contributed by atoms with Crippen LogP contribution in [0.25, 0.3) is 0 Å². The summed E-state index contributed by atoms with van der Waals surface area (Å²) in [6.45, 7) is 6.09. The predicted octanol–water partition coefficient (Wildman–Crippen LogP) is 5.20. The molecule has 106 valence electrons. The van der Waals surface area contributed by atoms with Gasteiger partial charge in [0.15, 0.2) is 5.75 Å². The van der Waals surface area contributed by atoms with Gasteiger partial charge in [-0.3, -0.25) is 0 Å². The second-order valence-corrected chi connectivity index (χ2v) is 6.02. The third-order valence-corrected chi connectivity index (χ3v) is 3.59. The Kier molecular flexibility index (Phi) is 5.00. The summed E-state index contributed by atoms with van der Waals surface area (Å²) in [7, 11) is 0. The van der Waals surface area contributed by atoms with E-state index in [1.807, 2.05) is 39.0 Å². The molecule has 2 rings (SSSR count). The molecule has 3 nitrogen and oxygen atoms in total. The summed E-state index contributed by atoms with van der Waals surface area (Å²) in [6.07, 6.45) is 1.70. The first-order valence-electron chi connectivity index (χ1n) is 6.37. The topological polar surface area (TPSA) is 35.0 Å². The molecule has 0 fully saturated rings. The number of hydrogen-bond donors (Lipinski definition) is 0. The maximum Gasteiger partial charge on any atom is 0.168 e. The van der Waals surface area contributed by atoms with Crippen molar-refractivity contribution in [2.24, 2.45) is 0 Å². The van der Waals surface area contributed by atoms with Crippen LogP contribution >= 0.6 is 27.5 Å². The van der Waals surface area contributed by atoms with Crippen LogP contribution in [0.2, 0.25) is 0 Å². The van der Waals surface area contributed by atoms with E-state index in [9.17, 15) is 0 Å². The highest BCUT2D eigenvalue weighted by Crippen LogP contribution is 2.29. The Hall–Kier alpha value is -1.13. The van der Waals surface area contributed by atoms with Gasteiger partial charge in [-0.2, -0.15) is 0 Å². The first-order chi connectivity index (χ1) is 9.51. The van der Waals surface area contributed by atoms with Gasteiger partial charge in [0, 0.05) is 10.4 Å². The quantitative estimate of drug-likeness (QED) is 0.707. The Morgan fingerprint density at radius 2 is 2.05 bits per heavy atom. The Bertz CT molecular complexity index is 617. The summed E-state index contributed by atoms with van der Waals surface area (Å²) >= 11 is 9.40. The van der Waals surface area contributed by atoms with Crippen molar-refractivity contribution in [1.82, 2.24) is 9.97 Å². The van der Waals surface area contributed by atoms with Gasteiger partial charge in [-0.25, -0.2) is 9.97 Å². The van der Waals surface area contributed by atoms with Crippen LogP contribution in [0.5, 0.6) is 11.5 Å². The van der Waals surface area contributed by atoms with Crippen molar-refractivity contribution in [1.29, 1.82) is 0 Å². The molecule has 2 aromatic rings. The molecule has 0 unspecified atom stereocenters. The molecule has 0 amide bonds. The number of hydrogen-bond acceptors (Lipinski definition) is 3. The van der Waals surface area contributed by atoms with Gasteiger partial charge < -0.3 is 4.74 Å². The molecule has 0 aliphatic rings. The highest BCUT2D eigenvalue weighted by atomic mass is 79.9. The van der Waals surface area contributed by atoms with Crippen molar-refractivity contribution in [3.63, 3.8) is 0 Å². The van der Waals surface area contributed by atoms with Crippen molar-refractivity contribution in [3.8, 4) is 11.5 Å². The standard InChI is InChI=1S/C15H16BrClN2O/c1-9(2)15-18-8-14(12(7-17)19-15)20-13-5-4-11(16)6-10(13)3/h4-6,8-9H,7H2,1-3H3. The molecule has 0 spiro atoms. The van der Waals surface area contributed by atoms with E-state index >= 15 is 0 Å². The van der Waals surface area contributed by atoms with Crippen molar-refractivity contribution in [3.05, 3.63) is 46.0 Å². The van der Waals surface area contributed by atoms with Crippen molar-refractivity contribution in [2.45, 2.75) is 32.6 Å². The summed E-state index contributed by atoms with van der Waals surface area (Å²) < 4.78 is 6.91. The minimum atomic E-state index is 0.264. The largest absolute Gasteiger partial charge is 0.453 e. The van der Waals surface area contributed by atoms with E-state index in [4.69, 9.17) is 16.3 Å². The first-order valence-corrected chi connectivity index (χ1v) is 7.69. The lowest BCUT2D eigenvalue weighted by molar-refractivity contribution is 0.466. The van der Waals surface area contributed by atoms with Gasteiger partial charge >= 0.3 is 0 Å². The Morgan fingerprint density at radius 3 is 2.65 bits per heavy atom. The van der Waals surface area contributed by atoms with Gasteiger partial charge in [-0.05, 0) is 30.7 Å². The van der Waals surface area contributed by atoms with Crippen LogP contribution in [-0.4, -0.2) is 9.97 Å². The molecule has 0 atom stereocenters. The van der Waals surface area contributed by atoms with Gasteiger partial charge in [0.2, 0.25) is 0 Å². The van der Waals surface area contributed by atoms with E-state index in [1.54, 1.807) is 6.20 Å². The normalized spacial score (nSPS) is 10.9. The molecule has 1 aromatic heterocycles. The number of aryl methyl sites for hydroxylation is 1. The van der Waals surface area contributed by atoms with Crippen LogP contribution in [0.15, 0.2) is 28.9 Å². The summed E-state index contributed by atoms with van der Waals surface area (Å²) in [4.78, 5) is 8.78. The maximum absolute atomic E-state index is 5.96. The van der Waals surface area contributed by atoms with Crippen LogP contribution in [0.4, 0.5) is 0 Å². The van der Waals surface area contributed by atoms with Crippen LogP contribution in [0.1, 0.15) is 36.8 Å². The fraction of sp³-hybridized carbons (Fsp3) is 0.333. The summed E-state index contributed by atoms with van der Waals surface area (Å²) in [5, 5.41) is 0. The zero-order valence-corrected chi connectivity index (χ0v) is 14.0. The first kappa shape index (κ1) is 15.3. The maximum atomic E-state index is 5.96. The van der Waals surface area contributed by atoms with E-state index in [1.165, 1.54) is 0 Å². The highest BCUT2D eigenvalue weighted by molar-refractivity contribution is 9.10. The highest BCUT2D eigenvalue weighted by Gasteiger charge is 2.12. The number of ether oxygens (including phenoxy) is 1. The molecule has 0 N–H and O–H groups in total. The van der Waals surface area contributed by atoms with Crippen LogP contribution in [0, 0.1) is 6.92 Å². The predicted molar refractivity (Wildman–Crippen MR) is 84.6 cm³/mol. The number of alkyl halides is 1. The summed E-state index contributed by atoms with van der Waals surface area (Å²) in [6, 6.07) is 5.85. The van der Waals surface area contributed by atoms with E-state index in [-0.39, 0.29) is 5.92 Å². The van der Waals surface area contributed by atoms with E-state index in [2.05, 4.69) is 25.9 Å². The minimum absolute atomic E-state index is 0.264. The van der Waals surface area contributed by atoms with Crippen molar-refractivity contribution < 1.29 is 4.74 Å². The van der Waals surface area contributed by atoms with Crippen molar-refractivity contribution in [2.75, 3.05) is 0 Å². The molecule has 20 heavy (non-hydrogen) atoms. The lowest BCUT2D eigenvalue weighted by atomic mass is 10.2. The Labute approximate surface area is 132 Å². The van der Waals surface area contributed by atoms with Gasteiger partial charge in [0.1, 0.15) is 17.3 Å². The van der Waals surface area contributed by atoms with Gasteiger partial charge in [-0.15, -0.1) is 11.6 Å². The van der Waals surface area contributed by atoms with Gasteiger partial charge in [0.25, 0.3) is 0 Å². The van der Waals surface area contributed by atoms with Crippen LogP contribution in [0.3, 0.4) is 0 Å². The van der Waals surface area contributed by atoms with E-state index in [0.717, 1.165) is 21.6 Å². The summed E-state index contributed by atoms with van der Waals surface area (Å²) in [5.41, 5.74) is 1.75. The molecule has 0 saturated heterocycles. The second kappa shape index (κ2) is 6.55. The van der Waals surface area contributed by atoms with Crippen LogP contribution < -0.4 is 4.74 Å². The number of halogens is 2. The molecular weight excluding hydrogens is 340 g/mol. The number of rotatable bonds is 4. The molecular formula is C15H16BrClN2O. The smallest absolute Gasteiger partial charge is 0.168 e. The number of nitrogens with zero attached hydrogens (tertiary/aromatic N) is 2. The molecule has 1 heterocycles. The zero-order chi connectivity index (χ0) is 14.7. The average molecular weight is 356 g/mol. The van der Waals surface area contributed by atoms with Gasteiger partial charge in [-0.1, -0.05) is 29.8 Å². The second-order valence-electron chi connectivity index (χ2n) is 4.84. The third kappa shape index (κ3) is 3.49. The molecule has 0 aliphatic carbocycles. The zero-order valence-electron chi connectivity index (χ0n) is 11.7. The fourth-order valence-electron chi connectivity index (χ4n) is 1.73. The third-order valence-electron chi connectivity index (χ3n) is 2.85. The molecule has 1 aromatic carbocycles.